The molecule has 4 heteroatoms. The van der Waals surface area contributed by atoms with Gasteiger partial charge in [0.05, 0.1) is 11.2 Å². The zero-order valence-electron chi connectivity index (χ0n) is 10.0. The highest BCUT2D eigenvalue weighted by Gasteiger charge is 2.06. The molecule has 0 saturated heterocycles. The van der Waals surface area contributed by atoms with Crippen molar-refractivity contribution in [2.45, 2.75) is 0 Å². The average Bonchev–Trinajstić information content (AvgIpc) is 2.85. The van der Waals surface area contributed by atoms with Crippen LogP contribution in [0.5, 0.6) is 0 Å². The third-order valence-corrected chi connectivity index (χ3v) is 3.92. The van der Waals surface area contributed by atoms with Crippen molar-refractivity contribution in [1.29, 1.82) is 0 Å². The Bertz CT molecular complexity index is 748. The first kappa shape index (κ1) is 12.4. The number of anilines is 1. The Morgan fingerprint density at radius 2 is 1.74 bits per heavy atom. The van der Waals surface area contributed by atoms with Gasteiger partial charge >= 0.3 is 0 Å². The molecule has 2 nitrogen and oxygen atoms in total. The summed E-state index contributed by atoms with van der Waals surface area (Å²) in [5, 5.41) is 5.09. The van der Waals surface area contributed by atoms with Gasteiger partial charge in [0.1, 0.15) is 0 Å². The monoisotopic (exact) mass is 330 g/mol. The molecule has 0 unspecified atom stereocenters. The standard InChI is InChI=1S/C15H11BrN2S/c16-12-6-2-3-7-13(12)17-15(19)18-10-9-11-5-1-4-8-14(11)18/h1-10H,(H,17,19). The highest BCUT2D eigenvalue weighted by molar-refractivity contribution is 9.10. The molecule has 3 aromatic rings. The van der Waals surface area contributed by atoms with Crippen molar-refractivity contribution in [3.05, 3.63) is 65.3 Å². The minimum Gasteiger partial charge on any atom is -0.331 e. The number of fused-ring (bicyclic) bond motifs is 1. The lowest BCUT2D eigenvalue weighted by Crippen LogP contribution is -2.18. The second-order valence-corrected chi connectivity index (χ2v) is 5.40. The molecule has 0 aliphatic heterocycles. The quantitative estimate of drug-likeness (QED) is 0.654. The van der Waals surface area contributed by atoms with Gasteiger partial charge in [-0.25, -0.2) is 0 Å². The van der Waals surface area contributed by atoms with Crippen molar-refractivity contribution in [1.82, 2.24) is 4.57 Å². The first-order chi connectivity index (χ1) is 9.25. The van der Waals surface area contributed by atoms with Gasteiger partial charge in [-0.05, 0) is 52.4 Å². The molecule has 0 fully saturated rings. The summed E-state index contributed by atoms with van der Waals surface area (Å²) in [6.45, 7) is 0. The molecule has 0 spiro atoms. The number of para-hydroxylation sites is 2. The van der Waals surface area contributed by atoms with Crippen LogP contribution in [0.25, 0.3) is 10.9 Å². The summed E-state index contributed by atoms with van der Waals surface area (Å²) < 4.78 is 2.97. The molecule has 94 valence electrons. The fourth-order valence-corrected chi connectivity index (χ4v) is 2.65. The SMILES string of the molecule is S=C(Nc1ccccc1Br)n1ccc2ccccc21. The number of hydrogen-bond donors (Lipinski definition) is 1. The van der Waals surface area contributed by atoms with Gasteiger partial charge < -0.3 is 5.32 Å². The Balaban J connectivity index is 1.95. The summed E-state index contributed by atoms with van der Waals surface area (Å²) in [5.74, 6) is 0. The van der Waals surface area contributed by atoms with Crippen LogP contribution in [-0.4, -0.2) is 9.68 Å². The summed E-state index contributed by atoms with van der Waals surface area (Å²) in [6.07, 6.45) is 1.98. The summed E-state index contributed by atoms with van der Waals surface area (Å²) in [4.78, 5) is 0. The molecule has 0 aliphatic rings. The number of rotatable bonds is 1. The molecule has 0 amide bonds. The molecule has 0 atom stereocenters. The number of hydrogen-bond acceptors (Lipinski definition) is 1. The lowest BCUT2D eigenvalue weighted by atomic mass is 10.2. The van der Waals surface area contributed by atoms with E-state index in [1.807, 2.05) is 47.2 Å². The van der Waals surface area contributed by atoms with Crippen molar-refractivity contribution in [3.8, 4) is 0 Å². The van der Waals surface area contributed by atoms with Crippen molar-refractivity contribution < 1.29 is 0 Å². The van der Waals surface area contributed by atoms with Crippen LogP contribution >= 0.6 is 28.1 Å². The Morgan fingerprint density at radius 1 is 1.00 bits per heavy atom. The first-order valence-electron chi connectivity index (χ1n) is 5.88. The molecule has 0 saturated carbocycles. The largest absolute Gasteiger partial charge is 0.331 e. The van der Waals surface area contributed by atoms with Crippen LogP contribution in [0.1, 0.15) is 0 Å². The third-order valence-electron chi connectivity index (χ3n) is 2.93. The Labute approximate surface area is 125 Å². The van der Waals surface area contributed by atoms with E-state index in [2.05, 4.69) is 39.4 Å². The highest BCUT2D eigenvalue weighted by atomic mass is 79.9. The minimum atomic E-state index is 0.660. The Morgan fingerprint density at radius 3 is 2.58 bits per heavy atom. The van der Waals surface area contributed by atoms with E-state index >= 15 is 0 Å². The number of nitrogens with one attached hydrogen (secondary N) is 1. The average molecular weight is 331 g/mol. The van der Waals surface area contributed by atoms with Crippen molar-refractivity contribution in [2.75, 3.05) is 5.32 Å². The van der Waals surface area contributed by atoms with E-state index in [1.54, 1.807) is 0 Å². The summed E-state index contributed by atoms with van der Waals surface area (Å²) >= 11 is 8.98. The molecule has 0 bridgehead atoms. The van der Waals surface area contributed by atoms with E-state index < -0.39 is 0 Å². The van der Waals surface area contributed by atoms with Crippen LogP contribution in [-0.2, 0) is 0 Å². The number of aromatic nitrogens is 1. The van der Waals surface area contributed by atoms with E-state index in [0.717, 1.165) is 15.7 Å². The summed E-state index contributed by atoms with van der Waals surface area (Å²) in [5.41, 5.74) is 2.07. The van der Waals surface area contributed by atoms with Gasteiger partial charge in [-0.2, -0.15) is 0 Å². The van der Waals surface area contributed by atoms with Crippen molar-refractivity contribution >= 4 is 49.9 Å². The van der Waals surface area contributed by atoms with Crippen LogP contribution in [0.15, 0.2) is 65.3 Å². The molecule has 1 aromatic heterocycles. The van der Waals surface area contributed by atoms with Gasteiger partial charge in [0.25, 0.3) is 0 Å². The summed E-state index contributed by atoms with van der Waals surface area (Å²) in [6, 6.07) is 18.2. The molecule has 19 heavy (non-hydrogen) atoms. The number of nitrogens with zero attached hydrogens (tertiary/aromatic N) is 1. The van der Waals surface area contributed by atoms with Crippen LogP contribution in [0, 0.1) is 0 Å². The van der Waals surface area contributed by atoms with Crippen LogP contribution in [0.3, 0.4) is 0 Å². The Hall–Kier alpha value is -1.65. The van der Waals surface area contributed by atoms with E-state index in [-0.39, 0.29) is 0 Å². The van der Waals surface area contributed by atoms with Gasteiger partial charge in [0.2, 0.25) is 0 Å². The zero-order valence-corrected chi connectivity index (χ0v) is 12.4. The first-order valence-corrected chi connectivity index (χ1v) is 7.08. The zero-order chi connectivity index (χ0) is 13.2. The van der Waals surface area contributed by atoms with E-state index in [4.69, 9.17) is 12.2 Å². The minimum absolute atomic E-state index is 0.660. The van der Waals surface area contributed by atoms with Crippen molar-refractivity contribution in [3.63, 3.8) is 0 Å². The lowest BCUT2D eigenvalue weighted by molar-refractivity contribution is 1.24. The third kappa shape index (κ3) is 2.41. The van der Waals surface area contributed by atoms with E-state index in [1.165, 1.54) is 5.39 Å². The number of thiocarbonyl (C=S) groups is 1. The van der Waals surface area contributed by atoms with Crippen molar-refractivity contribution in [2.24, 2.45) is 0 Å². The second kappa shape index (κ2) is 5.15. The van der Waals surface area contributed by atoms with Gasteiger partial charge in [0.15, 0.2) is 5.11 Å². The topological polar surface area (TPSA) is 17.0 Å². The molecule has 3 rings (SSSR count). The fraction of sp³-hybridized carbons (Fsp3) is 0. The van der Waals surface area contributed by atoms with Gasteiger partial charge in [-0.1, -0.05) is 30.3 Å². The predicted molar refractivity (Wildman–Crippen MR) is 87.7 cm³/mol. The van der Waals surface area contributed by atoms with E-state index in [9.17, 15) is 0 Å². The molecule has 1 N–H and O–H groups in total. The van der Waals surface area contributed by atoms with Crippen LogP contribution in [0.4, 0.5) is 5.69 Å². The van der Waals surface area contributed by atoms with Gasteiger partial charge in [0, 0.05) is 16.1 Å². The second-order valence-electron chi connectivity index (χ2n) is 4.15. The maximum absolute atomic E-state index is 5.47. The molecular weight excluding hydrogens is 320 g/mol. The lowest BCUT2D eigenvalue weighted by Gasteiger charge is -2.11. The Kier molecular flexibility index (Phi) is 3.36. The molecule has 0 radical (unpaired) electrons. The van der Waals surface area contributed by atoms with Crippen LogP contribution < -0.4 is 5.32 Å². The van der Waals surface area contributed by atoms with Gasteiger partial charge in [-0.15, -0.1) is 0 Å². The van der Waals surface area contributed by atoms with E-state index in [0.29, 0.717) is 5.11 Å². The summed E-state index contributed by atoms with van der Waals surface area (Å²) in [7, 11) is 0. The fourth-order valence-electron chi connectivity index (χ4n) is 2.00. The molecule has 2 aromatic carbocycles. The predicted octanol–water partition coefficient (Wildman–Crippen LogP) is 4.65. The molecular formula is C15H11BrN2S. The molecule has 0 aliphatic carbocycles. The number of halogens is 1. The highest BCUT2D eigenvalue weighted by Crippen LogP contribution is 2.22. The smallest absolute Gasteiger partial charge is 0.182 e. The van der Waals surface area contributed by atoms with Gasteiger partial charge in [-0.3, -0.25) is 4.57 Å². The maximum Gasteiger partial charge on any atom is 0.182 e. The number of benzene rings is 2. The van der Waals surface area contributed by atoms with Crippen LogP contribution in [0.2, 0.25) is 0 Å². The maximum atomic E-state index is 5.47. The molecule has 1 heterocycles. The normalized spacial score (nSPS) is 10.6.